The second-order valence-corrected chi connectivity index (χ2v) is 5.26. The van der Waals surface area contributed by atoms with Crippen molar-refractivity contribution in [1.82, 2.24) is 0 Å². The Morgan fingerprint density at radius 2 is 1.39 bits per heavy atom. The molecule has 0 aliphatic rings. The standard InChI is InChI=1S/C20H17NO2/c1-15-7-11-17(12-8-15)21-20(22)16-9-13-19(14-10-16)23-18-5-3-2-4-6-18/h2-14H,1H3,(H,21,22). The SMILES string of the molecule is Cc1ccc(NC(=O)c2ccc(Oc3ccccc3)cc2)cc1. The van der Waals surface area contributed by atoms with E-state index in [0.717, 1.165) is 17.0 Å². The Labute approximate surface area is 135 Å². The van der Waals surface area contributed by atoms with Crippen molar-refractivity contribution in [1.29, 1.82) is 0 Å². The Balaban J connectivity index is 1.66. The normalized spacial score (nSPS) is 10.1. The molecule has 0 fully saturated rings. The Bertz CT molecular complexity index is 778. The Morgan fingerprint density at radius 1 is 0.783 bits per heavy atom. The number of carbonyl (C=O) groups excluding carboxylic acids is 1. The van der Waals surface area contributed by atoms with Gasteiger partial charge in [-0.2, -0.15) is 0 Å². The number of benzene rings is 3. The van der Waals surface area contributed by atoms with Gasteiger partial charge >= 0.3 is 0 Å². The van der Waals surface area contributed by atoms with E-state index in [4.69, 9.17) is 4.74 Å². The molecule has 3 rings (SSSR count). The quantitative estimate of drug-likeness (QED) is 0.733. The van der Waals surface area contributed by atoms with Gasteiger partial charge in [-0.05, 0) is 55.5 Å². The molecule has 1 N–H and O–H groups in total. The van der Waals surface area contributed by atoms with Crippen LogP contribution in [0.1, 0.15) is 15.9 Å². The molecule has 1 amide bonds. The second kappa shape index (κ2) is 6.79. The summed E-state index contributed by atoms with van der Waals surface area (Å²) in [6.45, 7) is 2.01. The van der Waals surface area contributed by atoms with Crippen LogP contribution in [0.3, 0.4) is 0 Å². The summed E-state index contributed by atoms with van der Waals surface area (Å²) in [6, 6.07) is 24.3. The first-order chi connectivity index (χ1) is 11.2. The van der Waals surface area contributed by atoms with E-state index in [-0.39, 0.29) is 5.91 Å². The number of ether oxygens (including phenoxy) is 1. The van der Waals surface area contributed by atoms with Gasteiger partial charge in [0.25, 0.3) is 5.91 Å². The number of para-hydroxylation sites is 1. The van der Waals surface area contributed by atoms with E-state index in [2.05, 4.69) is 5.32 Å². The van der Waals surface area contributed by atoms with Crippen LogP contribution >= 0.6 is 0 Å². The van der Waals surface area contributed by atoms with Gasteiger partial charge in [-0.15, -0.1) is 0 Å². The predicted molar refractivity (Wildman–Crippen MR) is 92.1 cm³/mol. The van der Waals surface area contributed by atoms with Gasteiger partial charge in [0, 0.05) is 11.3 Å². The summed E-state index contributed by atoms with van der Waals surface area (Å²) in [4.78, 5) is 12.2. The third-order valence-electron chi connectivity index (χ3n) is 3.40. The Hall–Kier alpha value is -3.07. The number of nitrogens with one attached hydrogen (secondary N) is 1. The van der Waals surface area contributed by atoms with Crippen LogP contribution in [0.15, 0.2) is 78.9 Å². The van der Waals surface area contributed by atoms with Crippen molar-refractivity contribution in [3.63, 3.8) is 0 Å². The number of hydrogen-bond donors (Lipinski definition) is 1. The average Bonchev–Trinajstić information content (AvgIpc) is 2.58. The van der Waals surface area contributed by atoms with Crippen LogP contribution in [0, 0.1) is 6.92 Å². The molecule has 3 nitrogen and oxygen atoms in total. The highest BCUT2D eigenvalue weighted by atomic mass is 16.5. The summed E-state index contributed by atoms with van der Waals surface area (Å²) in [7, 11) is 0. The van der Waals surface area contributed by atoms with Crippen LogP contribution < -0.4 is 10.1 Å². The Morgan fingerprint density at radius 3 is 2.04 bits per heavy atom. The lowest BCUT2D eigenvalue weighted by Crippen LogP contribution is -2.11. The van der Waals surface area contributed by atoms with Crippen molar-refractivity contribution in [3.05, 3.63) is 90.0 Å². The fourth-order valence-electron chi connectivity index (χ4n) is 2.14. The highest BCUT2D eigenvalue weighted by Gasteiger charge is 2.06. The molecule has 114 valence electrons. The van der Waals surface area contributed by atoms with Gasteiger partial charge in [-0.1, -0.05) is 35.9 Å². The van der Waals surface area contributed by atoms with Crippen molar-refractivity contribution in [2.45, 2.75) is 6.92 Å². The summed E-state index contributed by atoms with van der Waals surface area (Å²) in [5, 5.41) is 2.87. The van der Waals surface area contributed by atoms with E-state index < -0.39 is 0 Å². The summed E-state index contributed by atoms with van der Waals surface area (Å²) < 4.78 is 5.71. The monoisotopic (exact) mass is 303 g/mol. The van der Waals surface area contributed by atoms with Gasteiger partial charge in [0.2, 0.25) is 0 Å². The molecule has 3 heteroatoms. The van der Waals surface area contributed by atoms with Crippen LogP contribution in [0.5, 0.6) is 11.5 Å². The van der Waals surface area contributed by atoms with Gasteiger partial charge in [-0.3, -0.25) is 4.79 Å². The van der Waals surface area contributed by atoms with Crippen LogP contribution in [0.4, 0.5) is 5.69 Å². The fraction of sp³-hybridized carbons (Fsp3) is 0.0500. The van der Waals surface area contributed by atoms with Gasteiger partial charge in [0.1, 0.15) is 11.5 Å². The number of anilines is 1. The molecule has 3 aromatic carbocycles. The van der Waals surface area contributed by atoms with Crippen LogP contribution in [-0.4, -0.2) is 5.91 Å². The Kier molecular flexibility index (Phi) is 4.39. The first-order valence-electron chi connectivity index (χ1n) is 7.42. The molecule has 0 atom stereocenters. The zero-order valence-corrected chi connectivity index (χ0v) is 12.8. The third kappa shape index (κ3) is 3.98. The highest BCUT2D eigenvalue weighted by molar-refractivity contribution is 6.04. The largest absolute Gasteiger partial charge is 0.457 e. The maximum atomic E-state index is 12.2. The second-order valence-electron chi connectivity index (χ2n) is 5.26. The van der Waals surface area contributed by atoms with Gasteiger partial charge < -0.3 is 10.1 Å². The zero-order chi connectivity index (χ0) is 16.1. The van der Waals surface area contributed by atoms with Crippen molar-refractivity contribution in [2.75, 3.05) is 5.32 Å². The lowest BCUT2D eigenvalue weighted by molar-refractivity contribution is 0.102. The summed E-state index contributed by atoms with van der Waals surface area (Å²) >= 11 is 0. The topological polar surface area (TPSA) is 38.3 Å². The van der Waals surface area contributed by atoms with Crippen molar-refractivity contribution < 1.29 is 9.53 Å². The molecule has 23 heavy (non-hydrogen) atoms. The summed E-state index contributed by atoms with van der Waals surface area (Å²) in [6.07, 6.45) is 0. The molecule has 0 aliphatic heterocycles. The van der Waals surface area contributed by atoms with Gasteiger partial charge in [0.05, 0.1) is 0 Å². The number of carbonyl (C=O) groups is 1. The van der Waals surface area contributed by atoms with Gasteiger partial charge in [0.15, 0.2) is 0 Å². The van der Waals surface area contributed by atoms with E-state index in [9.17, 15) is 4.79 Å². The molecular formula is C20H17NO2. The number of rotatable bonds is 4. The third-order valence-corrected chi connectivity index (χ3v) is 3.40. The van der Waals surface area contributed by atoms with Crippen LogP contribution in [0.2, 0.25) is 0 Å². The van der Waals surface area contributed by atoms with E-state index in [1.54, 1.807) is 24.3 Å². The molecular weight excluding hydrogens is 286 g/mol. The lowest BCUT2D eigenvalue weighted by Gasteiger charge is -2.08. The minimum atomic E-state index is -0.139. The predicted octanol–water partition coefficient (Wildman–Crippen LogP) is 5.04. The summed E-state index contributed by atoms with van der Waals surface area (Å²) in [5.41, 5.74) is 2.53. The lowest BCUT2D eigenvalue weighted by atomic mass is 10.2. The van der Waals surface area contributed by atoms with E-state index in [1.807, 2.05) is 61.5 Å². The fourth-order valence-corrected chi connectivity index (χ4v) is 2.14. The number of hydrogen-bond acceptors (Lipinski definition) is 2. The average molecular weight is 303 g/mol. The first-order valence-corrected chi connectivity index (χ1v) is 7.42. The molecule has 0 saturated heterocycles. The van der Waals surface area contributed by atoms with Crippen molar-refractivity contribution in [2.24, 2.45) is 0 Å². The number of aryl methyl sites for hydroxylation is 1. The minimum Gasteiger partial charge on any atom is -0.457 e. The maximum absolute atomic E-state index is 12.2. The smallest absolute Gasteiger partial charge is 0.255 e. The van der Waals surface area contributed by atoms with Crippen LogP contribution in [-0.2, 0) is 0 Å². The molecule has 0 bridgehead atoms. The molecule has 0 aromatic heterocycles. The molecule has 0 spiro atoms. The van der Waals surface area contributed by atoms with E-state index >= 15 is 0 Å². The van der Waals surface area contributed by atoms with Crippen molar-refractivity contribution >= 4 is 11.6 Å². The highest BCUT2D eigenvalue weighted by Crippen LogP contribution is 2.21. The van der Waals surface area contributed by atoms with Crippen molar-refractivity contribution in [3.8, 4) is 11.5 Å². The number of amides is 1. The van der Waals surface area contributed by atoms with E-state index in [1.165, 1.54) is 0 Å². The minimum absolute atomic E-state index is 0.139. The van der Waals surface area contributed by atoms with Crippen LogP contribution in [0.25, 0.3) is 0 Å². The maximum Gasteiger partial charge on any atom is 0.255 e. The van der Waals surface area contributed by atoms with E-state index in [0.29, 0.717) is 11.3 Å². The molecule has 3 aromatic rings. The van der Waals surface area contributed by atoms with Gasteiger partial charge in [-0.25, -0.2) is 0 Å². The molecule has 0 radical (unpaired) electrons. The molecule has 0 heterocycles. The molecule has 0 aliphatic carbocycles. The first kappa shape index (κ1) is 14.9. The zero-order valence-electron chi connectivity index (χ0n) is 12.8. The molecule has 0 saturated carbocycles. The summed E-state index contributed by atoms with van der Waals surface area (Å²) in [5.74, 6) is 1.33. The molecule has 0 unspecified atom stereocenters.